The van der Waals surface area contributed by atoms with Crippen molar-refractivity contribution in [2.75, 3.05) is 20.1 Å². The molecule has 0 atom stereocenters. The van der Waals surface area contributed by atoms with Crippen LogP contribution in [0.1, 0.15) is 52.4 Å². The van der Waals surface area contributed by atoms with Gasteiger partial charge in [0.1, 0.15) is 0 Å². The highest BCUT2D eigenvalue weighted by molar-refractivity contribution is 5.81. The molecule has 0 saturated heterocycles. The summed E-state index contributed by atoms with van der Waals surface area (Å²) in [6.45, 7) is 5.81. The van der Waals surface area contributed by atoms with E-state index in [2.05, 4.69) is 34.8 Å². The van der Waals surface area contributed by atoms with Crippen LogP contribution in [0.25, 0.3) is 0 Å². The molecule has 1 rings (SSSR count). The minimum atomic E-state index is 0.142. The van der Waals surface area contributed by atoms with Crippen molar-refractivity contribution in [2.24, 2.45) is 10.9 Å². The normalized spacial score (nSPS) is 17.1. The minimum absolute atomic E-state index is 0.142. The van der Waals surface area contributed by atoms with Crippen molar-refractivity contribution in [3.05, 3.63) is 0 Å². The van der Waals surface area contributed by atoms with Crippen molar-refractivity contribution in [2.45, 2.75) is 58.4 Å². The Bertz CT molecular complexity index is 309. The quantitative estimate of drug-likeness (QED) is 0.512. The van der Waals surface area contributed by atoms with Crippen LogP contribution in [0.15, 0.2) is 4.99 Å². The SMILES string of the molecule is CN=C(NCCC(=O)NC1CCCCC1)NCC(C)C. The fraction of sp³-hybridized carbons (Fsp3) is 0.867. The number of amides is 1. The lowest BCUT2D eigenvalue weighted by molar-refractivity contribution is -0.121. The molecule has 0 bridgehead atoms. The summed E-state index contributed by atoms with van der Waals surface area (Å²) < 4.78 is 0. The summed E-state index contributed by atoms with van der Waals surface area (Å²) in [5.74, 6) is 1.48. The van der Waals surface area contributed by atoms with E-state index >= 15 is 0 Å². The predicted octanol–water partition coefficient (Wildman–Crippen LogP) is 1.65. The number of nitrogens with zero attached hydrogens (tertiary/aromatic N) is 1. The van der Waals surface area contributed by atoms with E-state index in [0.29, 0.717) is 24.9 Å². The molecule has 20 heavy (non-hydrogen) atoms. The zero-order chi connectivity index (χ0) is 14.8. The van der Waals surface area contributed by atoms with Crippen LogP contribution in [0.5, 0.6) is 0 Å². The van der Waals surface area contributed by atoms with Crippen molar-refractivity contribution in [1.29, 1.82) is 0 Å². The van der Waals surface area contributed by atoms with Gasteiger partial charge in [0.15, 0.2) is 5.96 Å². The molecule has 0 aromatic heterocycles. The van der Waals surface area contributed by atoms with Crippen molar-refractivity contribution in [1.82, 2.24) is 16.0 Å². The smallest absolute Gasteiger partial charge is 0.221 e. The topological polar surface area (TPSA) is 65.5 Å². The van der Waals surface area contributed by atoms with Gasteiger partial charge in [-0.1, -0.05) is 33.1 Å². The molecule has 1 aliphatic rings. The highest BCUT2D eigenvalue weighted by Gasteiger charge is 2.15. The van der Waals surface area contributed by atoms with Crippen molar-refractivity contribution >= 4 is 11.9 Å². The molecule has 1 amide bonds. The molecule has 116 valence electrons. The van der Waals surface area contributed by atoms with Crippen LogP contribution in [-0.2, 0) is 4.79 Å². The summed E-state index contributed by atoms with van der Waals surface area (Å²) >= 11 is 0. The molecule has 0 spiro atoms. The first-order valence-corrected chi connectivity index (χ1v) is 7.85. The van der Waals surface area contributed by atoms with E-state index in [9.17, 15) is 4.79 Å². The molecule has 1 saturated carbocycles. The maximum atomic E-state index is 11.8. The minimum Gasteiger partial charge on any atom is -0.356 e. The van der Waals surface area contributed by atoms with Gasteiger partial charge in [0.25, 0.3) is 0 Å². The molecule has 3 N–H and O–H groups in total. The number of hydrogen-bond donors (Lipinski definition) is 3. The Kier molecular flexibility index (Phi) is 8.07. The van der Waals surface area contributed by atoms with Gasteiger partial charge in [0.2, 0.25) is 5.91 Å². The molecule has 0 aliphatic heterocycles. The van der Waals surface area contributed by atoms with Crippen LogP contribution in [-0.4, -0.2) is 38.0 Å². The molecule has 0 aromatic carbocycles. The maximum Gasteiger partial charge on any atom is 0.221 e. The van der Waals surface area contributed by atoms with Gasteiger partial charge in [-0.2, -0.15) is 0 Å². The van der Waals surface area contributed by atoms with Crippen molar-refractivity contribution in [3.63, 3.8) is 0 Å². The van der Waals surface area contributed by atoms with E-state index < -0.39 is 0 Å². The number of carbonyl (C=O) groups is 1. The Morgan fingerprint density at radius 1 is 1.20 bits per heavy atom. The second-order valence-corrected chi connectivity index (χ2v) is 5.93. The van der Waals surface area contributed by atoms with Gasteiger partial charge in [-0.05, 0) is 18.8 Å². The molecular weight excluding hydrogens is 252 g/mol. The van der Waals surface area contributed by atoms with Gasteiger partial charge in [0.05, 0.1) is 0 Å². The number of carbonyl (C=O) groups excluding carboxylic acids is 1. The molecule has 0 unspecified atom stereocenters. The second kappa shape index (κ2) is 9.61. The van der Waals surface area contributed by atoms with Crippen LogP contribution in [0.3, 0.4) is 0 Å². The summed E-state index contributed by atoms with van der Waals surface area (Å²) in [7, 11) is 1.75. The van der Waals surface area contributed by atoms with Gasteiger partial charge in [-0.3, -0.25) is 9.79 Å². The third-order valence-electron chi connectivity index (χ3n) is 3.52. The molecule has 1 fully saturated rings. The Labute approximate surface area is 123 Å². The summed E-state index contributed by atoms with van der Waals surface area (Å²) in [4.78, 5) is 16.0. The Morgan fingerprint density at radius 3 is 2.50 bits per heavy atom. The summed E-state index contributed by atoms with van der Waals surface area (Å²) in [6, 6.07) is 0.398. The lowest BCUT2D eigenvalue weighted by atomic mass is 9.95. The zero-order valence-electron chi connectivity index (χ0n) is 13.2. The van der Waals surface area contributed by atoms with E-state index in [0.717, 1.165) is 25.3 Å². The largest absolute Gasteiger partial charge is 0.356 e. The fourth-order valence-electron chi connectivity index (χ4n) is 2.36. The first-order chi connectivity index (χ1) is 9.61. The summed E-state index contributed by atoms with van der Waals surface area (Å²) in [6.07, 6.45) is 6.57. The molecule has 0 heterocycles. The van der Waals surface area contributed by atoms with Crippen LogP contribution in [0.2, 0.25) is 0 Å². The molecular formula is C15H30N4O. The summed E-state index contributed by atoms with van der Waals surface area (Å²) in [5.41, 5.74) is 0. The lowest BCUT2D eigenvalue weighted by Crippen LogP contribution is -2.42. The van der Waals surface area contributed by atoms with Crippen LogP contribution < -0.4 is 16.0 Å². The van der Waals surface area contributed by atoms with E-state index in [4.69, 9.17) is 0 Å². The average molecular weight is 282 g/mol. The predicted molar refractivity (Wildman–Crippen MR) is 83.8 cm³/mol. The fourth-order valence-corrected chi connectivity index (χ4v) is 2.36. The first-order valence-electron chi connectivity index (χ1n) is 7.85. The molecule has 0 aromatic rings. The number of hydrogen-bond acceptors (Lipinski definition) is 2. The zero-order valence-corrected chi connectivity index (χ0v) is 13.2. The van der Waals surface area contributed by atoms with Crippen LogP contribution in [0.4, 0.5) is 0 Å². The van der Waals surface area contributed by atoms with Crippen molar-refractivity contribution < 1.29 is 4.79 Å². The number of rotatable bonds is 6. The van der Waals surface area contributed by atoms with Gasteiger partial charge in [-0.15, -0.1) is 0 Å². The highest BCUT2D eigenvalue weighted by Crippen LogP contribution is 2.17. The third-order valence-corrected chi connectivity index (χ3v) is 3.52. The Hall–Kier alpha value is -1.26. The van der Waals surface area contributed by atoms with E-state index in [-0.39, 0.29) is 5.91 Å². The van der Waals surface area contributed by atoms with Gasteiger partial charge >= 0.3 is 0 Å². The standard InChI is InChI=1S/C15H30N4O/c1-12(2)11-18-15(16-3)17-10-9-14(20)19-13-7-5-4-6-8-13/h12-13H,4-11H2,1-3H3,(H,19,20)(H2,16,17,18). The van der Waals surface area contributed by atoms with Gasteiger partial charge in [0, 0.05) is 32.6 Å². The van der Waals surface area contributed by atoms with Crippen LogP contribution >= 0.6 is 0 Å². The Balaban J connectivity index is 2.13. The van der Waals surface area contributed by atoms with E-state index in [1.807, 2.05) is 0 Å². The first kappa shape index (κ1) is 16.8. The molecule has 0 radical (unpaired) electrons. The number of guanidine groups is 1. The molecule has 5 nitrogen and oxygen atoms in total. The molecule has 1 aliphatic carbocycles. The Morgan fingerprint density at radius 2 is 1.90 bits per heavy atom. The maximum absolute atomic E-state index is 11.8. The highest BCUT2D eigenvalue weighted by atomic mass is 16.1. The van der Waals surface area contributed by atoms with Crippen molar-refractivity contribution in [3.8, 4) is 0 Å². The average Bonchev–Trinajstić information content (AvgIpc) is 2.43. The molecule has 5 heteroatoms. The van der Waals surface area contributed by atoms with E-state index in [1.54, 1.807) is 7.05 Å². The van der Waals surface area contributed by atoms with Gasteiger partial charge in [-0.25, -0.2) is 0 Å². The lowest BCUT2D eigenvalue weighted by Gasteiger charge is -2.22. The van der Waals surface area contributed by atoms with E-state index in [1.165, 1.54) is 19.3 Å². The third kappa shape index (κ3) is 7.36. The monoisotopic (exact) mass is 282 g/mol. The number of nitrogens with one attached hydrogen (secondary N) is 3. The van der Waals surface area contributed by atoms with Crippen LogP contribution in [0, 0.1) is 5.92 Å². The number of aliphatic imine (C=N–C) groups is 1. The second-order valence-electron chi connectivity index (χ2n) is 5.93. The summed E-state index contributed by atoms with van der Waals surface area (Å²) in [5, 5.41) is 9.52. The van der Waals surface area contributed by atoms with Gasteiger partial charge < -0.3 is 16.0 Å².